The molecule has 1 aliphatic rings. The number of aliphatic hydroxyl groups is 1. The minimum atomic E-state index is -0.404. The Morgan fingerprint density at radius 3 is 3.22 bits per heavy atom. The molecule has 7 heteroatoms. The van der Waals surface area contributed by atoms with Crippen LogP contribution in [0.2, 0.25) is 0 Å². The molecular weight excluding hydrogens is 332 g/mol. The van der Waals surface area contributed by atoms with Crippen LogP contribution in [0.5, 0.6) is 5.75 Å². The number of carbonyl (C=O) groups excluding carboxylic acids is 1. The van der Waals surface area contributed by atoms with Crippen LogP contribution in [0.25, 0.3) is 20.3 Å². The monoisotopic (exact) mass is 348 g/mol. The van der Waals surface area contributed by atoms with E-state index in [9.17, 15) is 9.90 Å². The second-order valence-electron chi connectivity index (χ2n) is 5.69. The zero-order valence-corrected chi connectivity index (χ0v) is 14.2. The topological polar surface area (TPSA) is 62.7 Å². The molecule has 1 N–H and O–H groups in total. The van der Waals surface area contributed by atoms with E-state index in [2.05, 4.69) is 4.98 Å². The fourth-order valence-electron chi connectivity index (χ4n) is 2.91. The summed E-state index contributed by atoms with van der Waals surface area (Å²) in [7, 11) is 0. The number of rotatable bonds is 3. The van der Waals surface area contributed by atoms with Crippen LogP contribution in [0.3, 0.4) is 0 Å². The second-order valence-corrected chi connectivity index (χ2v) is 7.84. The smallest absolute Gasteiger partial charge is 0.260 e. The fraction of sp³-hybridized carbons (Fsp3) is 0.375. The Morgan fingerprint density at radius 1 is 1.57 bits per heavy atom. The third kappa shape index (κ3) is 2.69. The summed E-state index contributed by atoms with van der Waals surface area (Å²) < 4.78 is 8.00. The highest BCUT2D eigenvalue weighted by molar-refractivity contribution is 7.21. The van der Waals surface area contributed by atoms with Gasteiger partial charge in [-0.3, -0.25) is 4.79 Å². The van der Waals surface area contributed by atoms with Crippen molar-refractivity contribution in [2.24, 2.45) is 0 Å². The Morgan fingerprint density at radius 2 is 2.43 bits per heavy atom. The molecule has 0 unspecified atom stereocenters. The molecule has 0 aliphatic carbocycles. The van der Waals surface area contributed by atoms with Gasteiger partial charge in [0.15, 0.2) is 6.61 Å². The van der Waals surface area contributed by atoms with Gasteiger partial charge in [-0.15, -0.1) is 22.7 Å². The highest BCUT2D eigenvalue weighted by Gasteiger charge is 2.25. The molecule has 1 aliphatic heterocycles. The van der Waals surface area contributed by atoms with Gasteiger partial charge in [0, 0.05) is 24.5 Å². The highest BCUT2D eigenvalue weighted by atomic mass is 32.1. The van der Waals surface area contributed by atoms with Crippen LogP contribution in [0.1, 0.15) is 11.4 Å². The summed E-state index contributed by atoms with van der Waals surface area (Å²) in [4.78, 5) is 18.4. The van der Waals surface area contributed by atoms with Gasteiger partial charge in [0.2, 0.25) is 0 Å². The number of amides is 1. The van der Waals surface area contributed by atoms with Crippen molar-refractivity contribution in [3.8, 4) is 5.75 Å². The number of thiophene rings is 1. The normalized spacial score (nSPS) is 18.2. The van der Waals surface area contributed by atoms with Crippen LogP contribution in [-0.2, 0) is 4.79 Å². The average molecular weight is 348 g/mol. The molecule has 120 valence electrons. The van der Waals surface area contributed by atoms with Gasteiger partial charge in [0.25, 0.3) is 5.91 Å². The van der Waals surface area contributed by atoms with Crippen LogP contribution in [-0.4, -0.2) is 46.7 Å². The Labute approximate surface area is 141 Å². The largest absolute Gasteiger partial charge is 0.483 e. The molecule has 0 radical (unpaired) electrons. The summed E-state index contributed by atoms with van der Waals surface area (Å²) in [5.74, 6) is 0.649. The van der Waals surface area contributed by atoms with Gasteiger partial charge in [-0.1, -0.05) is 0 Å². The third-order valence-corrected chi connectivity index (χ3v) is 5.87. The summed E-state index contributed by atoms with van der Waals surface area (Å²) in [5, 5.41) is 13.6. The summed E-state index contributed by atoms with van der Waals surface area (Å²) in [6.45, 7) is 3.00. The van der Waals surface area contributed by atoms with Crippen LogP contribution < -0.4 is 4.74 Å². The first-order valence-electron chi connectivity index (χ1n) is 7.48. The first-order valence-corrected chi connectivity index (χ1v) is 9.17. The first-order chi connectivity index (χ1) is 11.1. The Kier molecular flexibility index (Phi) is 3.71. The van der Waals surface area contributed by atoms with E-state index in [1.165, 1.54) is 0 Å². The van der Waals surface area contributed by atoms with Crippen LogP contribution in [0.4, 0.5) is 0 Å². The predicted molar refractivity (Wildman–Crippen MR) is 92.4 cm³/mol. The molecule has 4 rings (SSSR count). The number of aromatic nitrogens is 1. The number of hydrogen-bond acceptors (Lipinski definition) is 6. The number of benzene rings is 1. The number of fused-ring (bicyclic) bond motifs is 3. The summed E-state index contributed by atoms with van der Waals surface area (Å²) in [6.07, 6.45) is 0.242. The molecule has 23 heavy (non-hydrogen) atoms. The minimum Gasteiger partial charge on any atom is -0.483 e. The van der Waals surface area contributed by atoms with Crippen LogP contribution in [0.15, 0.2) is 17.5 Å². The maximum absolute atomic E-state index is 12.2. The fourth-order valence-corrected chi connectivity index (χ4v) is 4.74. The third-order valence-electron chi connectivity index (χ3n) is 4.04. The van der Waals surface area contributed by atoms with Crippen molar-refractivity contribution in [2.75, 3.05) is 19.7 Å². The van der Waals surface area contributed by atoms with Crippen molar-refractivity contribution < 1.29 is 14.6 Å². The molecule has 1 aromatic carbocycles. The van der Waals surface area contributed by atoms with Gasteiger partial charge >= 0.3 is 0 Å². The van der Waals surface area contributed by atoms with Crippen molar-refractivity contribution in [1.29, 1.82) is 0 Å². The molecule has 5 nitrogen and oxygen atoms in total. The summed E-state index contributed by atoms with van der Waals surface area (Å²) in [6, 6.07) is 3.98. The van der Waals surface area contributed by atoms with E-state index < -0.39 is 6.10 Å². The van der Waals surface area contributed by atoms with Gasteiger partial charge in [-0.05, 0) is 24.8 Å². The van der Waals surface area contributed by atoms with Crippen molar-refractivity contribution >= 4 is 48.9 Å². The van der Waals surface area contributed by atoms with E-state index in [1.807, 2.05) is 24.4 Å². The molecule has 0 saturated carbocycles. The molecule has 0 bridgehead atoms. The van der Waals surface area contributed by atoms with E-state index in [0.717, 1.165) is 31.1 Å². The Bertz CT molecular complexity index is 886. The molecule has 1 saturated heterocycles. The molecule has 3 heterocycles. The number of aliphatic hydroxyl groups excluding tert-OH is 1. The van der Waals surface area contributed by atoms with E-state index in [4.69, 9.17) is 4.74 Å². The summed E-state index contributed by atoms with van der Waals surface area (Å²) >= 11 is 3.27. The minimum absolute atomic E-state index is 0.000952. The first kappa shape index (κ1) is 14.9. The van der Waals surface area contributed by atoms with Gasteiger partial charge in [-0.25, -0.2) is 4.98 Å². The molecule has 2 aromatic heterocycles. The number of carbonyl (C=O) groups is 1. The molecular formula is C16H16N2O3S2. The zero-order chi connectivity index (χ0) is 16.0. The van der Waals surface area contributed by atoms with Crippen molar-refractivity contribution in [3.05, 3.63) is 22.5 Å². The lowest BCUT2D eigenvalue weighted by atomic mass is 10.2. The standard InChI is InChI=1S/C16H16N2O3S2/c1-9-17-15-13(23-9)6-12(11-3-5-22-16(11)15)21-8-14(20)18-4-2-10(19)7-18/h3,5-6,10,19H,2,4,7-8H2,1H3/t10-/m0/s1. The van der Waals surface area contributed by atoms with E-state index >= 15 is 0 Å². The van der Waals surface area contributed by atoms with Crippen LogP contribution >= 0.6 is 22.7 Å². The van der Waals surface area contributed by atoms with Gasteiger partial charge < -0.3 is 14.7 Å². The lowest BCUT2D eigenvalue weighted by molar-refractivity contribution is -0.132. The predicted octanol–water partition coefficient (Wildman–Crippen LogP) is 2.79. The van der Waals surface area contributed by atoms with E-state index in [1.54, 1.807) is 27.6 Å². The van der Waals surface area contributed by atoms with E-state index in [-0.39, 0.29) is 12.5 Å². The molecule has 0 spiro atoms. The average Bonchev–Trinajstić information content (AvgIpc) is 3.22. The number of aryl methyl sites for hydroxylation is 1. The van der Waals surface area contributed by atoms with Gasteiger partial charge in [0.1, 0.15) is 5.75 Å². The SMILES string of the molecule is Cc1nc2c(cc(OCC(=O)N3CC[C@H](O)C3)c3ccsc32)s1. The quantitative estimate of drug-likeness (QED) is 0.791. The Hall–Kier alpha value is -1.70. The number of likely N-dealkylation sites (tertiary alicyclic amines) is 1. The highest BCUT2D eigenvalue weighted by Crippen LogP contribution is 2.38. The maximum atomic E-state index is 12.2. The van der Waals surface area contributed by atoms with Gasteiger partial charge in [-0.2, -0.15) is 0 Å². The molecule has 1 atom stereocenters. The van der Waals surface area contributed by atoms with Crippen molar-refractivity contribution in [1.82, 2.24) is 9.88 Å². The second kappa shape index (κ2) is 5.74. The number of nitrogens with zero attached hydrogens (tertiary/aromatic N) is 2. The molecule has 1 amide bonds. The lowest BCUT2D eigenvalue weighted by Crippen LogP contribution is -2.33. The lowest BCUT2D eigenvalue weighted by Gasteiger charge is -2.16. The van der Waals surface area contributed by atoms with Crippen molar-refractivity contribution in [3.63, 3.8) is 0 Å². The van der Waals surface area contributed by atoms with E-state index in [0.29, 0.717) is 19.5 Å². The molecule has 3 aromatic rings. The Balaban J connectivity index is 1.60. The van der Waals surface area contributed by atoms with Gasteiger partial charge in [0.05, 0.1) is 26.0 Å². The molecule has 1 fully saturated rings. The zero-order valence-electron chi connectivity index (χ0n) is 12.6. The summed E-state index contributed by atoms with van der Waals surface area (Å²) in [5.41, 5.74) is 1.01. The number of thiazole rings is 1. The number of β-amino-alcohol motifs (C(OH)–C–C–N with tert-alkyl or cyclic N) is 1. The number of ether oxygens (including phenoxy) is 1. The van der Waals surface area contributed by atoms with Crippen molar-refractivity contribution in [2.45, 2.75) is 19.4 Å². The maximum Gasteiger partial charge on any atom is 0.260 e. The number of hydrogen-bond donors (Lipinski definition) is 1. The van der Waals surface area contributed by atoms with Crippen LogP contribution in [0, 0.1) is 6.92 Å².